The molecule has 1 amide bonds. The highest BCUT2D eigenvalue weighted by Gasteiger charge is 2.26. The number of amides is 1. The highest BCUT2D eigenvalue weighted by molar-refractivity contribution is 5.94. The summed E-state index contributed by atoms with van der Waals surface area (Å²) in [6.07, 6.45) is 0.429. The van der Waals surface area contributed by atoms with Crippen LogP contribution in [-0.2, 0) is 16.0 Å². The molecule has 1 unspecified atom stereocenters. The second-order valence-corrected chi connectivity index (χ2v) is 6.34. The van der Waals surface area contributed by atoms with Gasteiger partial charge in [-0.2, -0.15) is 0 Å². The Balaban J connectivity index is 2.14. The first kappa shape index (κ1) is 20.4. The Hall–Kier alpha value is -2.96. The molecule has 0 fully saturated rings. The Labute approximate surface area is 158 Å². The molecule has 1 atom stereocenters. The van der Waals surface area contributed by atoms with Crippen LogP contribution in [0.5, 0.6) is 11.5 Å². The van der Waals surface area contributed by atoms with Crippen LogP contribution in [0.2, 0.25) is 0 Å². The Morgan fingerprint density at radius 2 is 1.81 bits per heavy atom. The summed E-state index contributed by atoms with van der Waals surface area (Å²) >= 11 is 0. The van der Waals surface area contributed by atoms with Crippen LogP contribution in [0.25, 0.3) is 0 Å². The van der Waals surface area contributed by atoms with Crippen molar-refractivity contribution in [1.82, 2.24) is 5.32 Å². The number of benzene rings is 1. The lowest BCUT2D eigenvalue weighted by molar-refractivity contribution is -0.144. The van der Waals surface area contributed by atoms with Crippen molar-refractivity contribution < 1.29 is 28.2 Å². The van der Waals surface area contributed by atoms with E-state index < -0.39 is 17.9 Å². The quantitative estimate of drug-likeness (QED) is 0.714. The van der Waals surface area contributed by atoms with Crippen LogP contribution in [0.4, 0.5) is 0 Å². The molecule has 0 saturated carbocycles. The Morgan fingerprint density at radius 1 is 1.07 bits per heavy atom. The first-order valence-electron chi connectivity index (χ1n) is 8.57. The van der Waals surface area contributed by atoms with Gasteiger partial charge in [0.1, 0.15) is 23.3 Å². The second kappa shape index (κ2) is 9.12. The lowest BCUT2D eigenvalue weighted by atomic mass is 10.0. The molecule has 146 valence electrons. The zero-order valence-electron chi connectivity index (χ0n) is 16.2. The SMILES string of the molecule is COC(=O)C(NC(=O)c1ccc(Cc2cc(OC)ccc2OC)o1)C(C)C. The van der Waals surface area contributed by atoms with Gasteiger partial charge in [-0.05, 0) is 36.2 Å². The van der Waals surface area contributed by atoms with Gasteiger partial charge in [-0.1, -0.05) is 13.8 Å². The van der Waals surface area contributed by atoms with Crippen molar-refractivity contribution >= 4 is 11.9 Å². The minimum absolute atomic E-state index is 0.114. The van der Waals surface area contributed by atoms with Gasteiger partial charge in [0.05, 0.1) is 21.3 Å². The Bertz CT molecular complexity index is 796. The molecule has 7 heteroatoms. The van der Waals surface area contributed by atoms with E-state index in [1.54, 1.807) is 26.4 Å². The van der Waals surface area contributed by atoms with Gasteiger partial charge in [-0.3, -0.25) is 4.79 Å². The standard InChI is InChI=1S/C20H25NO6/c1-12(2)18(20(23)26-5)21-19(22)17-9-7-15(27-17)11-13-10-14(24-3)6-8-16(13)25-4/h6-10,12,18H,11H2,1-5H3,(H,21,22). The average molecular weight is 375 g/mol. The molecule has 0 saturated heterocycles. The van der Waals surface area contributed by atoms with Crippen molar-refractivity contribution in [2.24, 2.45) is 5.92 Å². The number of methoxy groups -OCH3 is 3. The van der Waals surface area contributed by atoms with Crippen molar-refractivity contribution in [3.8, 4) is 11.5 Å². The summed E-state index contributed by atoms with van der Waals surface area (Å²) in [4.78, 5) is 24.2. The van der Waals surface area contributed by atoms with Crippen molar-refractivity contribution in [3.05, 3.63) is 47.4 Å². The van der Waals surface area contributed by atoms with Crippen LogP contribution in [0, 0.1) is 5.92 Å². The molecule has 1 heterocycles. The summed E-state index contributed by atoms with van der Waals surface area (Å²) in [6.45, 7) is 3.65. The normalized spacial score (nSPS) is 11.8. The fourth-order valence-electron chi connectivity index (χ4n) is 2.64. The molecule has 0 aliphatic rings. The van der Waals surface area contributed by atoms with E-state index in [9.17, 15) is 9.59 Å². The zero-order valence-corrected chi connectivity index (χ0v) is 16.2. The number of carbonyl (C=O) groups is 2. The van der Waals surface area contributed by atoms with Gasteiger partial charge in [0.15, 0.2) is 5.76 Å². The monoisotopic (exact) mass is 375 g/mol. The van der Waals surface area contributed by atoms with Gasteiger partial charge in [-0.25, -0.2) is 4.79 Å². The summed E-state index contributed by atoms with van der Waals surface area (Å²) in [5.74, 6) is 1.04. The van der Waals surface area contributed by atoms with Crippen LogP contribution in [0.15, 0.2) is 34.7 Å². The van der Waals surface area contributed by atoms with Crippen molar-refractivity contribution in [2.45, 2.75) is 26.3 Å². The molecule has 0 radical (unpaired) electrons. The van der Waals surface area contributed by atoms with Crippen LogP contribution >= 0.6 is 0 Å². The summed E-state index contributed by atoms with van der Waals surface area (Å²) < 4.78 is 21.0. The maximum absolute atomic E-state index is 12.4. The van der Waals surface area contributed by atoms with Crippen LogP contribution in [0.1, 0.15) is 35.7 Å². The minimum atomic E-state index is -0.741. The van der Waals surface area contributed by atoms with E-state index >= 15 is 0 Å². The molecule has 2 aromatic rings. The molecule has 1 aromatic heterocycles. The Kier molecular flexibility index (Phi) is 6.87. The number of rotatable bonds is 8. The summed E-state index contributed by atoms with van der Waals surface area (Å²) in [5.41, 5.74) is 0.868. The van der Waals surface area contributed by atoms with E-state index in [0.29, 0.717) is 23.7 Å². The van der Waals surface area contributed by atoms with Gasteiger partial charge in [0, 0.05) is 12.0 Å². The minimum Gasteiger partial charge on any atom is -0.497 e. The van der Waals surface area contributed by atoms with Gasteiger partial charge >= 0.3 is 5.97 Å². The van der Waals surface area contributed by atoms with E-state index in [4.69, 9.17) is 18.6 Å². The number of esters is 1. The second-order valence-electron chi connectivity index (χ2n) is 6.34. The number of nitrogens with one attached hydrogen (secondary N) is 1. The number of carbonyl (C=O) groups excluding carboxylic acids is 2. The fourth-order valence-corrected chi connectivity index (χ4v) is 2.64. The largest absolute Gasteiger partial charge is 0.497 e. The molecular formula is C20H25NO6. The maximum Gasteiger partial charge on any atom is 0.328 e. The number of ether oxygens (including phenoxy) is 3. The topological polar surface area (TPSA) is 87.0 Å². The summed E-state index contributed by atoms with van der Waals surface area (Å²) in [6, 6.07) is 8.03. The van der Waals surface area contributed by atoms with E-state index in [0.717, 1.165) is 5.56 Å². The first-order valence-corrected chi connectivity index (χ1v) is 8.57. The number of furan rings is 1. The van der Waals surface area contributed by atoms with Gasteiger partial charge in [0.2, 0.25) is 0 Å². The third-order valence-electron chi connectivity index (χ3n) is 4.15. The zero-order chi connectivity index (χ0) is 20.0. The van der Waals surface area contributed by atoms with Gasteiger partial charge in [-0.15, -0.1) is 0 Å². The third-order valence-corrected chi connectivity index (χ3v) is 4.15. The van der Waals surface area contributed by atoms with Gasteiger partial charge < -0.3 is 23.9 Å². The predicted molar refractivity (Wildman–Crippen MR) is 99.2 cm³/mol. The maximum atomic E-state index is 12.4. The van der Waals surface area contributed by atoms with Crippen LogP contribution in [0.3, 0.4) is 0 Å². The predicted octanol–water partition coefficient (Wildman–Crippen LogP) is 2.82. The number of hydrogen-bond donors (Lipinski definition) is 1. The van der Waals surface area contributed by atoms with E-state index in [2.05, 4.69) is 5.32 Å². The number of hydrogen-bond acceptors (Lipinski definition) is 6. The van der Waals surface area contributed by atoms with E-state index in [1.807, 2.05) is 32.0 Å². The first-order chi connectivity index (χ1) is 12.9. The molecule has 0 bridgehead atoms. The molecular weight excluding hydrogens is 350 g/mol. The Morgan fingerprint density at radius 3 is 2.41 bits per heavy atom. The van der Waals surface area contributed by atoms with Gasteiger partial charge in [0.25, 0.3) is 5.91 Å². The van der Waals surface area contributed by atoms with Crippen LogP contribution in [-0.4, -0.2) is 39.2 Å². The summed E-state index contributed by atoms with van der Waals surface area (Å²) in [5, 5.41) is 2.65. The van der Waals surface area contributed by atoms with Crippen molar-refractivity contribution in [3.63, 3.8) is 0 Å². The molecule has 27 heavy (non-hydrogen) atoms. The molecule has 1 aromatic carbocycles. The highest BCUT2D eigenvalue weighted by Crippen LogP contribution is 2.27. The molecule has 0 aliphatic carbocycles. The van der Waals surface area contributed by atoms with E-state index in [-0.39, 0.29) is 11.7 Å². The van der Waals surface area contributed by atoms with Crippen LogP contribution < -0.4 is 14.8 Å². The lowest BCUT2D eigenvalue weighted by Gasteiger charge is -2.19. The molecule has 2 rings (SSSR count). The van der Waals surface area contributed by atoms with E-state index in [1.165, 1.54) is 7.11 Å². The molecule has 0 spiro atoms. The fraction of sp³-hybridized carbons (Fsp3) is 0.400. The highest BCUT2D eigenvalue weighted by atomic mass is 16.5. The third kappa shape index (κ3) is 5.03. The molecule has 0 aliphatic heterocycles. The van der Waals surface area contributed by atoms with Crippen molar-refractivity contribution in [1.29, 1.82) is 0 Å². The lowest BCUT2D eigenvalue weighted by Crippen LogP contribution is -2.44. The average Bonchev–Trinajstić information content (AvgIpc) is 3.13. The summed E-state index contributed by atoms with van der Waals surface area (Å²) in [7, 11) is 4.47. The smallest absolute Gasteiger partial charge is 0.328 e. The molecule has 7 nitrogen and oxygen atoms in total. The van der Waals surface area contributed by atoms with Crippen molar-refractivity contribution in [2.75, 3.05) is 21.3 Å². The molecule has 1 N–H and O–H groups in total.